The molecule has 6 nitrogen and oxygen atoms in total. The maximum atomic E-state index is 11.0. The Hall–Kier alpha value is -2.89. The van der Waals surface area contributed by atoms with Gasteiger partial charge in [-0.15, -0.1) is 0 Å². The molecular weight excluding hydrogens is 258 g/mol. The fourth-order valence-corrected chi connectivity index (χ4v) is 1.80. The Morgan fingerprint density at radius 3 is 2.60 bits per heavy atom. The third kappa shape index (κ3) is 2.59. The third-order valence-electron chi connectivity index (χ3n) is 2.84. The molecule has 102 valence electrons. The summed E-state index contributed by atoms with van der Waals surface area (Å²) in [7, 11) is 0. The van der Waals surface area contributed by atoms with Crippen molar-refractivity contribution in [3.63, 3.8) is 0 Å². The molecule has 0 bridgehead atoms. The van der Waals surface area contributed by atoms with Crippen LogP contribution in [0.5, 0.6) is 5.75 Å². The van der Waals surface area contributed by atoms with E-state index in [4.69, 9.17) is 5.73 Å². The van der Waals surface area contributed by atoms with Gasteiger partial charge in [-0.2, -0.15) is 5.10 Å². The molecule has 0 aliphatic carbocycles. The number of primary amides is 1. The minimum Gasteiger partial charge on any atom is -0.507 e. The maximum Gasteiger partial charge on any atom is 0.329 e. The van der Waals surface area contributed by atoms with Gasteiger partial charge < -0.3 is 10.8 Å². The van der Waals surface area contributed by atoms with E-state index >= 15 is 0 Å². The van der Waals surface area contributed by atoms with E-state index in [9.17, 15) is 14.7 Å². The molecule has 0 heterocycles. The van der Waals surface area contributed by atoms with E-state index in [-0.39, 0.29) is 5.75 Å². The molecule has 6 heteroatoms. The zero-order valence-corrected chi connectivity index (χ0v) is 10.8. The zero-order chi connectivity index (χ0) is 14.7. The average Bonchev–Trinajstić information content (AvgIpc) is 2.45. The predicted molar refractivity (Wildman–Crippen MR) is 75.2 cm³/mol. The highest BCUT2D eigenvalue weighted by Gasteiger charge is 2.10. The molecule has 2 aromatic carbocycles. The van der Waals surface area contributed by atoms with Gasteiger partial charge in [0.05, 0.1) is 5.71 Å². The van der Waals surface area contributed by atoms with E-state index in [1.54, 1.807) is 19.1 Å². The number of benzene rings is 2. The number of hydrogen-bond acceptors (Lipinski definition) is 4. The van der Waals surface area contributed by atoms with Crippen LogP contribution in [-0.2, 0) is 9.59 Å². The Labute approximate surface area is 114 Å². The number of hydrazone groups is 1. The highest BCUT2D eigenvalue weighted by atomic mass is 16.3. The van der Waals surface area contributed by atoms with Crippen LogP contribution in [0.15, 0.2) is 41.5 Å². The lowest BCUT2D eigenvalue weighted by Crippen LogP contribution is -2.33. The number of phenolic OH excluding ortho intramolecular Hbond substituents is 1. The van der Waals surface area contributed by atoms with Crippen LogP contribution in [0.3, 0.4) is 0 Å². The van der Waals surface area contributed by atoms with Crippen LogP contribution in [0.1, 0.15) is 12.5 Å². The Bertz CT molecular complexity index is 723. The first-order chi connectivity index (χ1) is 9.50. The van der Waals surface area contributed by atoms with E-state index < -0.39 is 11.8 Å². The zero-order valence-electron chi connectivity index (χ0n) is 10.8. The van der Waals surface area contributed by atoms with Gasteiger partial charge in [0.15, 0.2) is 0 Å². The average molecular weight is 271 g/mol. The smallest absolute Gasteiger partial charge is 0.329 e. The van der Waals surface area contributed by atoms with E-state index in [2.05, 4.69) is 5.10 Å². The molecular formula is C14H13N3O3. The van der Waals surface area contributed by atoms with Crippen molar-refractivity contribution in [3.8, 4) is 5.75 Å². The highest BCUT2D eigenvalue weighted by Crippen LogP contribution is 2.28. The van der Waals surface area contributed by atoms with E-state index in [1.807, 2.05) is 29.7 Å². The number of rotatable bonds is 2. The summed E-state index contributed by atoms with van der Waals surface area (Å²) in [4.78, 5) is 21.6. The summed E-state index contributed by atoms with van der Waals surface area (Å²) in [6.07, 6.45) is 0. The molecule has 0 saturated heterocycles. The van der Waals surface area contributed by atoms with Gasteiger partial charge in [0.25, 0.3) is 0 Å². The summed E-state index contributed by atoms with van der Waals surface area (Å²) in [5, 5.41) is 15.5. The number of nitrogens with zero attached hydrogens (tertiary/aromatic N) is 1. The molecule has 0 aliphatic rings. The van der Waals surface area contributed by atoms with Crippen molar-refractivity contribution in [1.82, 2.24) is 5.43 Å². The fourth-order valence-electron chi connectivity index (χ4n) is 1.80. The number of amides is 2. The van der Waals surface area contributed by atoms with Crippen LogP contribution in [0.4, 0.5) is 0 Å². The molecule has 0 radical (unpaired) electrons. The Morgan fingerprint density at radius 1 is 1.20 bits per heavy atom. The van der Waals surface area contributed by atoms with Gasteiger partial charge in [0.2, 0.25) is 0 Å². The van der Waals surface area contributed by atoms with Gasteiger partial charge in [-0.25, -0.2) is 5.43 Å². The summed E-state index contributed by atoms with van der Waals surface area (Å²) in [5.74, 6) is -2.06. The van der Waals surface area contributed by atoms with E-state index in [0.29, 0.717) is 16.7 Å². The summed E-state index contributed by atoms with van der Waals surface area (Å²) in [6, 6.07) is 10.9. The number of nitrogens with one attached hydrogen (secondary N) is 1. The quantitative estimate of drug-likeness (QED) is 0.429. The number of hydrogen-bond donors (Lipinski definition) is 3. The lowest BCUT2D eigenvalue weighted by atomic mass is 10.0. The number of phenols is 1. The van der Waals surface area contributed by atoms with Crippen molar-refractivity contribution in [3.05, 3.63) is 42.0 Å². The van der Waals surface area contributed by atoms with Gasteiger partial charge in [-0.1, -0.05) is 30.3 Å². The van der Waals surface area contributed by atoms with Crippen molar-refractivity contribution in [2.24, 2.45) is 10.8 Å². The molecule has 0 aliphatic heterocycles. The van der Waals surface area contributed by atoms with Crippen LogP contribution in [0.2, 0.25) is 0 Å². The summed E-state index contributed by atoms with van der Waals surface area (Å²) >= 11 is 0. The molecule has 20 heavy (non-hydrogen) atoms. The molecule has 2 amide bonds. The maximum absolute atomic E-state index is 11.0. The minimum absolute atomic E-state index is 0.0673. The van der Waals surface area contributed by atoms with Crippen molar-refractivity contribution < 1.29 is 14.7 Å². The van der Waals surface area contributed by atoms with Crippen LogP contribution >= 0.6 is 0 Å². The molecule has 0 saturated carbocycles. The monoisotopic (exact) mass is 271 g/mol. The molecule has 4 N–H and O–H groups in total. The topological polar surface area (TPSA) is 105 Å². The largest absolute Gasteiger partial charge is 0.507 e. The number of carbonyl (C=O) groups is 2. The van der Waals surface area contributed by atoms with Crippen molar-refractivity contribution in [2.45, 2.75) is 6.92 Å². The van der Waals surface area contributed by atoms with E-state index in [0.717, 1.165) is 5.39 Å². The highest BCUT2D eigenvalue weighted by molar-refractivity contribution is 6.34. The number of aromatic hydroxyl groups is 1. The minimum atomic E-state index is -1.12. The van der Waals surface area contributed by atoms with Crippen LogP contribution in [-0.4, -0.2) is 22.6 Å². The molecule has 0 fully saturated rings. The van der Waals surface area contributed by atoms with Crippen LogP contribution in [0.25, 0.3) is 10.8 Å². The van der Waals surface area contributed by atoms with Gasteiger partial charge >= 0.3 is 11.8 Å². The third-order valence-corrected chi connectivity index (χ3v) is 2.84. The summed E-state index contributed by atoms with van der Waals surface area (Å²) in [5.41, 5.74) is 7.64. The molecule has 2 rings (SSSR count). The fraction of sp³-hybridized carbons (Fsp3) is 0.0714. The number of carbonyl (C=O) groups excluding carboxylic acids is 2. The first kappa shape index (κ1) is 13.5. The second kappa shape index (κ2) is 5.40. The van der Waals surface area contributed by atoms with Crippen LogP contribution < -0.4 is 11.2 Å². The number of nitrogens with two attached hydrogens (primary N) is 1. The molecule has 0 unspecified atom stereocenters. The molecule has 0 atom stereocenters. The lowest BCUT2D eigenvalue weighted by Gasteiger charge is -2.07. The molecule has 2 aromatic rings. The molecule has 0 aromatic heterocycles. The van der Waals surface area contributed by atoms with Crippen LogP contribution in [0, 0.1) is 0 Å². The van der Waals surface area contributed by atoms with Crippen molar-refractivity contribution in [2.75, 3.05) is 0 Å². The SMILES string of the molecule is C/C(=N\NC(=O)C(N)=O)c1ccc2ccccc2c1O. The van der Waals surface area contributed by atoms with Gasteiger partial charge in [0.1, 0.15) is 5.75 Å². The normalized spacial score (nSPS) is 11.3. The number of fused-ring (bicyclic) bond motifs is 1. The Kier molecular flexibility index (Phi) is 3.65. The van der Waals surface area contributed by atoms with Crippen molar-refractivity contribution >= 4 is 28.3 Å². The second-order valence-electron chi connectivity index (χ2n) is 4.19. The predicted octanol–water partition coefficient (Wildman–Crippen LogP) is 0.871. The van der Waals surface area contributed by atoms with Gasteiger partial charge in [0, 0.05) is 10.9 Å². The molecule has 0 spiro atoms. The first-order valence-electron chi connectivity index (χ1n) is 5.86. The summed E-state index contributed by atoms with van der Waals surface area (Å²) < 4.78 is 0. The standard InChI is InChI=1S/C14H13N3O3/c1-8(16-17-14(20)13(15)19)10-7-6-9-4-2-3-5-11(9)12(10)18/h2-7,18H,1H3,(H2,15,19)(H,17,20)/b16-8+. The van der Waals surface area contributed by atoms with Crippen molar-refractivity contribution in [1.29, 1.82) is 0 Å². The lowest BCUT2D eigenvalue weighted by molar-refractivity contribution is -0.137. The first-order valence-corrected chi connectivity index (χ1v) is 5.86. The second-order valence-corrected chi connectivity index (χ2v) is 4.19. The Morgan fingerprint density at radius 2 is 1.90 bits per heavy atom. The Balaban J connectivity index is 2.37. The van der Waals surface area contributed by atoms with E-state index in [1.165, 1.54) is 0 Å². The van der Waals surface area contributed by atoms with Gasteiger partial charge in [-0.3, -0.25) is 9.59 Å². The van der Waals surface area contributed by atoms with Gasteiger partial charge in [-0.05, 0) is 18.4 Å². The summed E-state index contributed by atoms with van der Waals surface area (Å²) in [6.45, 7) is 1.60.